The first-order valence-electron chi connectivity index (χ1n) is 9.19. The molecule has 1 saturated heterocycles. The predicted molar refractivity (Wildman–Crippen MR) is 105 cm³/mol. The number of nitrogens with one attached hydrogen (secondary N) is 1. The monoisotopic (exact) mass is 369 g/mol. The number of carbonyl (C=O) groups is 1. The highest BCUT2D eigenvalue weighted by atomic mass is 16.5. The molecule has 1 aliphatic rings. The van der Waals surface area contributed by atoms with Crippen molar-refractivity contribution >= 4 is 6.03 Å². The lowest BCUT2D eigenvalue weighted by molar-refractivity contribution is 0.135. The number of urea groups is 1. The highest BCUT2D eigenvalue weighted by molar-refractivity contribution is 5.74. The maximum Gasteiger partial charge on any atom is 0.317 e. The average Bonchev–Trinajstić information content (AvgIpc) is 2.73. The van der Waals surface area contributed by atoms with Gasteiger partial charge in [-0.1, -0.05) is 24.3 Å². The van der Waals surface area contributed by atoms with Gasteiger partial charge in [-0.05, 0) is 35.4 Å². The molecule has 0 aromatic heterocycles. The lowest BCUT2D eigenvalue weighted by Gasteiger charge is -2.34. The van der Waals surface area contributed by atoms with Gasteiger partial charge in [0.2, 0.25) is 0 Å². The maximum atomic E-state index is 12.4. The summed E-state index contributed by atoms with van der Waals surface area (Å²) in [5, 5.41) is 3.00. The molecule has 2 amide bonds. The van der Waals surface area contributed by atoms with Crippen molar-refractivity contribution in [3.8, 4) is 11.5 Å². The molecule has 2 aromatic carbocycles. The number of piperazine rings is 1. The van der Waals surface area contributed by atoms with Gasteiger partial charge >= 0.3 is 6.03 Å². The molecule has 27 heavy (non-hydrogen) atoms. The Balaban J connectivity index is 1.41. The Morgan fingerprint density at radius 2 is 1.37 bits per heavy atom. The van der Waals surface area contributed by atoms with Crippen LogP contribution in [0.1, 0.15) is 11.1 Å². The number of methoxy groups -OCH3 is 2. The molecule has 1 aliphatic heterocycles. The number of nitrogens with zero attached hydrogens (tertiary/aromatic N) is 2. The molecule has 1 N–H and O–H groups in total. The van der Waals surface area contributed by atoms with Crippen LogP contribution in [0.25, 0.3) is 0 Å². The zero-order valence-electron chi connectivity index (χ0n) is 16.0. The average molecular weight is 369 g/mol. The fraction of sp³-hybridized carbons (Fsp3) is 0.381. The zero-order valence-corrected chi connectivity index (χ0v) is 16.0. The van der Waals surface area contributed by atoms with Gasteiger partial charge in [-0.2, -0.15) is 0 Å². The van der Waals surface area contributed by atoms with E-state index < -0.39 is 0 Å². The van der Waals surface area contributed by atoms with Crippen molar-refractivity contribution in [2.45, 2.75) is 13.1 Å². The van der Waals surface area contributed by atoms with Gasteiger partial charge in [0, 0.05) is 39.3 Å². The molecule has 6 heteroatoms. The minimum Gasteiger partial charge on any atom is -0.497 e. The van der Waals surface area contributed by atoms with E-state index in [9.17, 15) is 4.79 Å². The summed E-state index contributed by atoms with van der Waals surface area (Å²) in [5.74, 6) is 1.69. The highest BCUT2D eigenvalue weighted by Gasteiger charge is 2.20. The second-order valence-electron chi connectivity index (χ2n) is 6.62. The first kappa shape index (κ1) is 19.0. The molecular weight excluding hydrogens is 342 g/mol. The van der Waals surface area contributed by atoms with E-state index in [0.29, 0.717) is 6.54 Å². The van der Waals surface area contributed by atoms with Crippen molar-refractivity contribution in [3.63, 3.8) is 0 Å². The molecule has 6 nitrogen and oxygen atoms in total. The summed E-state index contributed by atoms with van der Waals surface area (Å²) in [4.78, 5) is 16.6. The summed E-state index contributed by atoms with van der Waals surface area (Å²) >= 11 is 0. The Hall–Kier alpha value is -2.73. The molecule has 1 fully saturated rings. The SMILES string of the molecule is COc1ccc(CNC(=O)N2CCN(Cc3ccc(OC)cc3)CC2)cc1. The Labute approximate surface area is 160 Å². The fourth-order valence-electron chi connectivity index (χ4n) is 3.13. The number of hydrogen-bond acceptors (Lipinski definition) is 4. The normalized spacial score (nSPS) is 14.7. The molecule has 0 radical (unpaired) electrons. The lowest BCUT2D eigenvalue weighted by atomic mass is 10.2. The number of hydrogen-bond donors (Lipinski definition) is 1. The van der Waals surface area contributed by atoms with Crippen LogP contribution in [0.4, 0.5) is 4.79 Å². The van der Waals surface area contributed by atoms with Crippen molar-refractivity contribution in [2.75, 3.05) is 40.4 Å². The maximum absolute atomic E-state index is 12.4. The summed E-state index contributed by atoms with van der Waals surface area (Å²) in [7, 11) is 3.32. The standard InChI is InChI=1S/C21H27N3O3/c1-26-19-7-3-17(4-8-19)15-22-21(25)24-13-11-23(12-14-24)16-18-5-9-20(27-2)10-6-18/h3-10H,11-16H2,1-2H3,(H,22,25). The van der Waals surface area contributed by atoms with Crippen molar-refractivity contribution < 1.29 is 14.3 Å². The molecule has 0 atom stereocenters. The van der Waals surface area contributed by atoms with Crippen molar-refractivity contribution in [1.82, 2.24) is 15.1 Å². The molecule has 0 spiro atoms. The minimum atomic E-state index is -0.00471. The lowest BCUT2D eigenvalue weighted by Crippen LogP contribution is -2.51. The third-order valence-corrected chi connectivity index (χ3v) is 4.83. The second-order valence-corrected chi connectivity index (χ2v) is 6.62. The molecule has 1 heterocycles. The highest BCUT2D eigenvalue weighted by Crippen LogP contribution is 2.14. The summed E-state index contributed by atoms with van der Waals surface area (Å²) in [6.45, 7) is 4.65. The van der Waals surface area contributed by atoms with E-state index in [4.69, 9.17) is 9.47 Å². The number of carbonyl (C=O) groups excluding carboxylic acids is 1. The Morgan fingerprint density at radius 1 is 0.852 bits per heavy atom. The van der Waals surface area contributed by atoms with Gasteiger partial charge in [-0.15, -0.1) is 0 Å². The van der Waals surface area contributed by atoms with Crippen LogP contribution in [-0.2, 0) is 13.1 Å². The second kappa shape index (κ2) is 9.28. The number of rotatable bonds is 6. The van der Waals surface area contributed by atoms with Crippen LogP contribution in [0.2, 0.25) is 0 Å². The topological polar surface area (TPSA) is 54.0 Å². The van der Waals surface area contributed by atoms with Crippen LogP contribution >= 0.6 is 0 Å². The summed E-state index contributed by atoms with van der Waals surface area (Å²) < 4.78 is 10.3. The first-order valence-corrected chi connectivity index (χ1v) is 9.19. The molecular formula is C21H27N3O3. The first-order chi connectivity index (χ1) is 13.2. The summed E-state index contributed by atoms with van der Waals surface area (Å²) in [6.07, 6.45) is 0. The van der Waals surface area contributed by atoms with Gasteiger partial charge in [0.1, 0.15) is 11.5 Å². The van der Waals surface area contributed by atoms with Gasteiger partial charge in [0.25, 0.3) is 0 Å². The molecule has 0 unspecified atom stereocenters. The molecule has 144 valence electrons. The largest absolute Gasteiger partial charge is 0.497 e. The van der Waals surface area contributed by atoms with Crippen LogP contribution in [0.3, 0.4) is 0 Å². The number of benzene rings is 2. The van der Waals surface area contributed by atoms with Crippen LogP contribution in [0, 0.1) is 0 Å². The van der Waals surface area contributed by atoms with E-state index in [0.717, 1.165) is 49.8 Å². The van der Waals surface area contributed by atoms with Gasteiger partial charge in [0.15, 0.2) is 0 Å². The number of amides is 2. The van der Waals surface area contributed by atoms with Gasteiger partial charge in [-0.25, -0.2) is 4.79 Å². The van der Waals surface area contributed by atoms with Crippen LogP contribution in [0.15, 0.2) is 48.5 Å². The van der Waals surface area contributed by atoms with Crippen molar-refractivity contribution in [1.29, 1.82) is 0 Å². The summed E-state index contributed by atoms with van der Waals surface area (Å²) in [5.41, 5.74) is 2.32. The van der Waals surface area contributed by atoms with Crippen LogP contribution in [-0.4, -0.2) is 56.2 Å². The van der Waals surface area contributed by atoms with E-state index in [1.54, 1.807) is 14.2 Å². The van der Waals surface area contributed by atoms with E-state index in [2.05, 4.69) is 22.3 Å². The van der Waals surface area contributed by atoms with E-state index in [-0.39, 0.29) is 6.03 Å². The van der Waals surface area contributed by atoms with Crippen LogP contribution in [0.5, 0.6) is 11.5 Å². The van der Waals surface area contributed by atoms with Gasteiger partial charge in [-0.3, -0.25) is 4.90 Å². The summed E-state index contributed by atoms with van der Waals surface area (Å²) in [6, 6.07) is 15.9. The Kier molecular flexibility index (Phi) is 6.54. The van der Waals surface area contributed by atoms with Gasteiger partial charge in [0.05, 0.1) is 14.2 Å². The zero-order chi connectivity index (χ0) is 19.1. The predicted octanol–water partition coefficient (Wildman–Crippen LogP) is 2.73. The smallest absolute Gasteiger partial charge is 0.317 e. The quantitative estimate of drug-likeness (QED) is 0.851. The molecule has 0 bridgehead atoms. The Morgan fingerprint density at radius 3 is 1.89 bits per heavy atom. The third kappa shape index (κ3) is 5.37. The molecule has 2 aromatic rings. The third-order valence-electron chi connectivity index (χ3n) is 4.83. The van der Waals surface area contributed by atoms with Gasteiger partial charge < -0.3 is 19.7 Å². The van der Waals surface area contributed by atoms with Crippen molar-refractivity contribution in [3.05, 3.63) is 59.7 Å². The fourth-order valence-corrected chi connectivity index (χ4v) is 3.13. The van der Waals surface area contributed by atoms with E-state index in [1.807, 2.05) is 41.3 Å². The van der Waals surface area contributed by atoms with Crippen molar-refractivity contribution in [2.24, 2.45) is 0 Å². The molecule has 3 rings (SSSR count). The molecule has 0 saturated carbocycles. The number of ether oxygens (including phenoxy) is 2. The molecule has 0 aliphatic carbocycles. The Bertz CT molecular complexity index is 723. The van der Waals surface area contributed by atoms with Crippen LogP contribution < -0.4 is 14.8 Å². The van der Waals surface area contributed by atoms with E-state index in [1.165, 1.54) is 5.56 Å². The minimum absolute atomic E-state index is 0.00471. The van der Waals surface area contributed by atoms with E-state index >= 15 is 0 Å².